The molecule has 180 valence electrons. The normalized spacial score (nSPS) is 22.6. The first kappa shape index (κ1) is 24.3. The van der Waals surface area contributed by atoms with Crippen molar-refractivity contribution in [2.75, 3.05) is 19.6 Å². The number of nitrogens with one attached hydrogen (secondary N) is 2. The van der Waals surface area contributed by atoms with Crippen LogP contribution in [0.15, 0.2) is 65.8 Å². The molecule has 2 aromatic carbocycles. The molecular formula is C29H34F2N2O. The number of benzene rings is 2. The van der Waals surface area contributed by atoms with Crippen LogP contribution in [0.25, 0.3) is 0 Å². The average molecular weight is 465 g/mol. The van der Waals surface area contributed by atoms with Gasteiger partial charge in [0.1, 0.15) is 11.6 Å². The number of hydrogen-bond donors (Lipinski definition) is 2. The summed E-state index contributed by atoms with van der Waals surface area (Å²) in [5.41, 5.74) is 6.07. The van der Waals surface area contributed by atoms with Crippen LogP contribution in [0.5, 0.6) is 0 Å². The van der Waals surface area contributed by atoms with Gasteiger partial charge in [0.2, 0.25) is 5.91 Å². The zero-order chi connectivity index (χ0) is 24.1. The van der Waals surface area contributed by atoms with Gasteiger partial charge in [-0.2, -0.15) is 0 Å². The predicted molar refractivity (Wildman–Crippen MR) is 133 cm³/mol. The zero-order valence-corrected chi connectivity index (χ0v) is 20.0. The molecule has 0 saturated carbocycles. The highest BCUT2D eigenvalue weighted by Gasteiger charge is 2.30. The summed E-state index contributed by atoms with van der Waals surface area (Å²) in [6, 6.07) is 12.4. The summed E-state index contributed by atoms with van der Waals surface area (Å²) < 4.78 is 27.5. The highest BCUT2D eigenvalue weighted by Crippen LogP contribution is 2.39. The van der Waals surface area contributed by atoms with E-state index in [1.807, 2.05) is 0 Å². The second-order valence-corrected chi connectivity index (χ2v) is 9.68. The lowest BCUT2D eigenvalue weighted by Crippen LogP contribution is -2.39. The highest BCUT2D eigenvalue weighted by atomic mass is 19.1. The fourth-order valence-corrected chi connectivity index (χ4v) is 5.58. The predicted octanol–water partition coefficient (Wildman–Crippen LogP) is 5.47. The molecule has 1 fully saturated rings. The SMILES string of the molecule is CC(=O)NCCc1ccccc1C1C=CC(C2CNCCC2Cc2cc(F)cc(F)c2)=C(C)C1. The van der Waals surface area contributed by atoms with Crippen molar-refractivity contribution >= 4 is 5.91 Å². The third-order valence-corrected chi connectivity index (χ3v) is 7.19. The Morgan fingerprint density at radius 3 is 2.65 bits per heavy atom. The summed E-state index contributed by atoms with van der Waals surface area (Å²) in [5.74, 6) is -0.0348. The minimum Gasteiger partial charge on any atom is -0.356 e. The Morgan fingerprint density at radius 2 is 1.91 bits per heavy atom. The Kier molecular flexibility index (Phi) is 7.94. The number of piperidine rings is 1. The minimum atomic E-state index is -0.506. The summed E-state index contributed by atoms with van der Waals surface area (Å²) in [4.78, 5) is 11.3. The largest absolute Gasteiger partial charge is 0.356 e. The van der Waals surface area contributed by atoms with Gasteiger partial charge in [-0.1, -0.05) is 42.0 Å². The molecule has 1 amide bonds. The van der Waals surface area contributed by atoms with E-state index in [9.17, 15) is 13.6 Å². The van der Waals surface area contributed by atoms with Gasteiger partial charge in [-0.3, -0.25) is 4.79 Å². The van der Waals surface area contributed by atoms with E-state index in [1.165, 1.54) is 34.4 Å². The number of carbonyl (C=O) groups is 1. The number of amides is 1. The van der Waals surface area contributed by atoms with Gasteiger partial charge >= 0.3 is 0 Å². The van der Waals surface area contributed by atoms with Crippen molar-refractivity contribution in [1.82, 2.24) is 10.6 Å². The van der Waals surface area contributed by atoms with Gasteiger partial charge in [0.25, 0.3) is 0 Å². The van der Waals surface area contributed by atoms with Crippen molar-refractivity contribution in [2.24, 2.45) is 11.8 Å². The van der Waals surface area contributed by atoms with Crippen molar-refractivity contribution in [3.8, 4) is 0 Å². The van der Waals surface area contributed by atoms with Crippen molar-refractivity contribution < 1.29 is 13.6 Å². The topological polar surface area (TPSA) is 41.1 Å². The number of halogens is 2. The Balaban J connectivity index is 1.50. The van der Waals surface area contributed by atoms with Gasteiger partial charge in [-0.25, -0.2) is 8.78 Å². The van der Waals surface area contributed by atoms with E-state index in [2.05, 4.69) is 54.0 Å². The van der Waals surface area contributed by atoms with Crippen LogP contribution in [0.3, 0.4) is 0 Å². The van der Waals surface area contributed by atoms with Crippen LogP contribution in [0.4, 0.5) is 8.78 Å². The lowest BCUT2D eigenvalue weighted by atomic mass is 9.73. The molecule has 0 bridgehead atoms. The van der Waals surface area contributed by atoms with Crippen molar-refractivity contribution in [3.63, 3.8) is 0 Å². The smallest absolute Gasteiger partial charge is 0.216 e. The van der Waals surface area contributed by atoms with E-state index < -0.39 is 11.6 Å². The molecule has 4 rings (SSSR count). The minimum absolute atomic E-state index is 0.00455. The lowest BCUT2D eigenvalue weighted by molar-refractivity contribution is -0.118. The van der Waals surface area contributed by atoms with E-state index in [-0.39, 0.29) is 5.91 Å². The van der Waals surface area contributed by atoms with Gasteiger partial charge in [0, 0.05) is 32.0 Å². The molecule has 3 atom stereocenters. The number of rotatable bonds is 7. The highest BCUT2D eigenvalue weighted by molar-refractivity contribution is 5.72. The molecule has 3 nitrogen and oxygen atoms in total. The molecule has 0 aromatic heterocycles. The first-order valence-electron chi connectivity index (χ1n) is 12.3. The Hall–Kier alpha value is -2.79. The Morgan fingerprint density at radius 1 is 1.15 bits per heavy atom. The number of hydrogen-bond acceptors (Lipinski definition) is 2. The summed E-state index contributed by atoms with van der Waals surface area (Å²) in [6.07, 6.45) is 8.04. The van der Waals surface area contributed by atoms with Gasteiger partial charge in [-0.05, 0) is 85.4 Å². The lowest BCUT2D eigenvalue weighted by Gasteiger charge is -2.36. The van der Waals surface area contributed by atoms with Gasteiger partial charge in [0.15, 0.2) is 0 Å². The average Bonchev–Trinajstić information content (AvgIpc) is 2.79. The van der Waals surface area contributed by atoms with E-state index in [4.69, 9.17) is 0 Å². The standard InChI is InChI=1S/C29H34F2N2O/c1-19-13-23(28-6-4-3-5-22(28)10-12-33-20(2)34)7-8-27(19)29-18-32-11-9-24(29)14-21-15-25(30)17-26(31)16-21/h3-8,15-17,23-24,29,32H,9-14,18H2,1-2H3,(H,33,34). The third-order valence-electron chi connectivity index (χ3n) is 7.19. The molecule has 2 aliphatic rings. The fraction of sp³-hybridized carbons (Fsp3) is 0.414. The van der Waals surface area contributed by atoms with Crippen LogP contribution in [-0.4, -0.2) is 25.5 Å². The monoisotopic (exact) mass is 464 g/mol. The van der Waals surface area contributed by atoms with Gasteiger partial charge < -0.3 is 10.6 Å². The maximum atomic E-state index is 13.8. The first-order chi connectivity index (χ1) is 16.4. The molecule has 0 radical (unpaired) electrons. The maximum absolute atomic E-state index is 13.8. The van der Waals surface area contributed by atoms with Crippen molar-refractivity contribution in [3.05, 3.63) is 94.1 Å². The summed E-state index contributed by atoms with van der Waals surface area (Å²) >= 11 is 0. The second kappa shape index (κ2) is 11.1. The third kappa shape index (κ3) is 6.01. The van der Waals surface area contributed by atoms with E-state index in [0.717, 1.165) is 44.0 Å². The summed E-state index contributed by atoms with van der Waals surface area (Å²) in [7, 11) is 0. The van der Waals surface area contributed by atoms with Crippen LogP contribution in [0.2, 0.25) is 0 Å². The van der Waals surface area contributed by atoms with Crippen LogP contribution in [-0.2, 0) is 17.6 Å². The molecule has 2 aromatic rings. The number of allylic oxidation sites excluding steroid dienone is 3. The van der Waals surface area contributed by atoms with E-state index >= 15 is 0 Å². The molecule has 0 spiro atoms. The Labute approximate surface area is 201 Å². The molecule has 34 heavy (non-hydrogen) atoms. The fourth-order valence-electron chi connectivity index (χ4n) is 5.58. The van der Waals surface area contributed by atoms with Crippen LogP contribution in [0.1, 0.15) is 49.3 Å². The van der Waals surface area contributed by atoms with Crippen LogP contribution < -0.4 is 10.6 Å². The second-order valence-electron chi connectivity index (χ2n) is 9.68. The summed E-state index contributed by atoms with van der Waals surface area (Å²) in [6.45, 7) is 6.22. The quantitative estimate of drug-likeness (QED) is 0.570. The molecule has 3 unspecified atom stereocenters. The number of carbonyl (C=O) groups excluding carboxylic acids is 1. The summed E-state index contributed by atoms with van der Waals surface area (Å²) in [5, 5.41) is 6.42. The maximum Gasteiger partial charge on any atom is 0.216 e. The van der Waals surface area contributed by atoms with E-state index in [1.54, 1.807) is 6.92 Å². The van der Waals surface area contributed by atoms with Crippen molar-refractivity contribution in [2.45, 2.75) is 45.4 Å². The molecule has 2 N–H and O–H groups in total. The van der Waals surface area contributed by atoms with Crippen LogP contribution in [0, 0.1) is 23.5 Å². The molecule has 1 heterocycles. The molecule has 5 heteroatoms. The Bertz CT molecular complexity index is 1070. The first-order valence-corrected chi connectivity index (χ1v) is 12.3. The molecular weight excluding hydrogens is 430 g/mol. The molecule has 1 aliphatic heterocycles. The zero-order valence-electron chi connectivity index (χ0n) is 20.0. The molecule has 1 saturated heterocycles. The van der Waals surface area contributed by atoms with Gasteiger partial charge in [0.05, 0.1) is 0 Å². The van der Waals surface area contributed by atoms with Crippen LogP contribution >= 0.6 is 0 Å². The molecule has 1 aliphatic carbocycles. The van der Waals surface area contributed by atoms with E-state index in [0.29, 0.717) is 30.7 Å². The van der Waals surface area contributed by atoms with Gasteiger partial charge in [-0.15, -0.1) is 0 Å². The van der Waals surface area contributed by atoms with Crippen molar-refractivity contribution in [1.29, 1.82) is 0 Å².